The highest BCUT2D eigenvalue weighted by Crippen LogP contribution is 2.28. The van der Waals surface area contributed by atoms with Gasteiger partial charge in [-0.1, -0.05) is 42.1 Å². The van der Waals surface area contributed by atoms with Gasteiger partial charge in [0.1, 0.15) is 11.9 Å². The highest BCUT2D eigenvalue weighted by molar-refractivity contribution is 8.14. The van der Waals surface area contributed by atoms with Crippen molar-refractivity contribution in [3.63, 3.8) is 0 Å². The second kappa shape index (κ2) is 9.46. The van der Waals surface area contributed by atoms with Crippen LogP contribution in [-0.2, 0) is 20.9 Å². The van der Waals surface area contributed by atoms with Gasteiger partial charge in [-0.05, 0) is 30.7 Å². The molecule has 1 fully saturated rings. The predicted molar refractivity (Wildman–Crippen MR) is 95.2 cm³/mol. The zero-order valence-corrected chi connectivity index (χ0v) is 15.0. The van der Waals surface area contributed by atoms with E-state index >= 15 is 0 Å². The summed E-state index contributed by atoms with van der Waals surface area (Å²) in [7, 11) is 0. The van der Waals surface area contributed by atoms with Crippen molar-refractivity contribution >= 4 is 28.9 Å². The zero-order chi connectivity index (χ0) is 18.2. The van der Waals surface area contributed by atoms with Gasteiger partial charge in [-0.3, -0.25) is 9.59 Å². The number of likely N-dealkylation sites (tertiary alicyclic amines) is 1. The topological polar surface area (TPSA) is 83.9 Å². The summed E-state index contributed by atoms with van der Waals surface area (Å²) in [6, 6.07) is 9.50. The Bertz CT molecular complexity index is 599. The minimum absolute atomic E-state index is 0.186. The first-order chi connectivity index (χ1) is 12.0. The van der Waals surface area contributed by atoms with Gasteiger partial charge >= 0.3 is 12.1 Å². The number of carboxylic acid groups (broad SMARTS) is 1. The molecule has 1 N–H and O–H groups in total. The third-order valence-electron chi connectivity index (χ3n) is 4.21. The van der Waals surface area contributed by atoms with Crippen LogP contribution < -0.4 is 0 Å². The fourth-order valence-electron chi connectivity index (χ4n) is 2.86. The maximum absolute atomic E-state index is 12.1. The molecule has 1 aliphatic rings. The highest BCUT2D eigenvalue weighted by Gasteiger charge is 2.29. The number of hydrogen-bond acceptors (Lipinski definition) is 5. The minimum Gasteiger partial charge on any atom is -0.480 e. The molecule has 1 heterocycles. The molecule has 0 bridgehead atoms. The molecule has 25 heavy (non-hydrogen) atoms. The first-order valence-corrected chi connectivity index (χ1v) is 9.19. The van der Waals surface area contributed by atoms with Crippen LogP contribution in [0.5, 0.6) is 0 Å². The van der Waals surface area contributed by atoms with E-state index in [4.69, 9.17) is 4.74 Å². The van der Waals surface area contributed by atoms with E-state index in [0.717, 1.165) is 30.2 Å². The molecule has 0 aromatic heterocycles. The van der Waals surface area contributed by atoms with Gasteiger partial charge in [0.2, 0.25) is 0 Å². The Morgan fingerprint density at radius 2 is 1.88 bits per heavy atom. The summed E-state index contributed by atoms with van der Waals surface area (Å²) in [5.74, 6) is -0.754. The molecule has 7 heteroatoms. The van der Waals surface area contributed by atoms with Crippen molar-refractivity contribution in [2.75, 3.05) is 13.1 Å². The lowest BCUT2D eigenvalue weighted by Crippen LogP contribution is -2.39. The van der Waals surface area contributed by atoms with Crippen LogP contribution >= 0.6 is 11.8 Å². The molecule has 0 radical (unpaired) electrons. The molecule has 0 saturated carbocycles. The van der Waals surface area contributed by atoms with E-state index in [1.807, 2.05) is 30.3 Å². The van der Waals surface area contributed by atoms with Crippen LogP contribution in [0.2, 0.25) is 0 Å². The van der Waals surface area contributed by atoms with E-state index in [9.17, 15) is 19.5 Å². The molecular formula is C18H23NO5S. The molecule has 6 nitrogen and oxygen atoms in total. The standard InChI is InChI=1S/C18H23NO5S/c1-13(20)25-16(17(21)22)11-14-7-9-19(10-8-14)18(23)24-12-15-5-3-2-4-6-15/h2-6,14,16H,7-12H2,1H3,(H,21,22). The molecule has 1 amide bonds. The van der Waals surface area contributed by atoms with Gasteiger partial charge in [-0.15, -0.1) is 0 Å². The number of nitrogens with zero attached hydrogens (tertiary/aromatic N) is 1. The Hall–Kier alpha value is -2.02. The number of benzene rings is 1. The third kappa shape index (κ3) is 6.42. The smallest absolute Gasteiger partial charge is 0.410 e. The minimum atomic E-state index is -0.954. The van der Waals surface area contributed by atoms with Crippen LogP contribution in [0.15, 0.2) is 30.3 Å². The molecule has 0 aliphatic carbocycles. The molecule has 1 aliphatic heterocycles. The Morgan fingerprint density at radius 3 is 2.44 bits per heavy atom. The van der Waals surface area contributed by atoms with Gasteiger partial charge in [-0.2, -0.15) is 0 Å². The van der Waals surface area contributed by atoms with Crippen molar-refractivity contribution in [1.29, 1.82) is 0 Å². The second-order valence-corrected chi connectivity index (χ2v) is 7.52. The molecule has 1 aromatic carbocycles. The predicted octanol–water partition coefficient (Wildman–Crippen LogP) is 3.16. The first kappa shape index (κ1) is 19.3. The maximum atomic E-state index is 12.1. The fraction of sp³-hybridized carbons (Fsp3) is 0.500. The summed E-state index contributed by atoms with van der Waals surface area (Å²) < 4.78 is 5.32. The molecule has 1 saturated heterocycles. The lowest BCUT2D eigenvalue weighted by atomic mass is 9.92. The van der Waals surface area contributed by atoms with E-state index < -0.39 is 11.2 Å². The number of carboxylic acids is 1. The monoisotopic (exact) mass is 365 g/mol. The van der Waals surface area contributed by atoms with E-state index in [0.29, 0.717) is 19.5 Å². The van der Waals surface area contributed by atoms with Gasteiger partial charge in [0.25, 0.3) is 0 Å². The number of ether oxygens (including phenoxy) is 1. The Morgan fingerprint density at radius 1 is 1.24 bits per heavy atom. The fourth-order valence-corrected chi connectivity index (χ4v) is 3.73. The number of amides is 1. The van der Waals surface area contributed by atoms with Crippen molar-refractivity contribution in [3.8, 4) is 0 Å². The van der Waals surface area contributed by atoms with Crippen LogP contribution in [0.3, 0.4) is 0 Å². The summed E-state index contributed by atoms with van der Waals surface area (Å²) in [6.07, 6.45) is 1.56. The van der Waals surface area contributed by atoms with Crippen molar-refractivity contribution in [3.05, 3.63) is 35.9 Å². The normalized spacial score (nSPS) is 16.3. The van der Waals surface area contributed by atoms with Crippen molar-refractivity contribution in [2.45, 2.75) is 38.0 Å². The number of carbonyl (C=O) groups is 3. The maximum Gasteiger partial charge on any atom is 0.410 e. The highest BCUT2D eigenvalue weighted by atomic mass is 32.2. The number of piperidine rings is 1. The van der Waals surface area contributed by atoms with E-state index in [2.05, 4.69) is 0 Å². The zero-order valence-electron chi connectivity index (χ0n) is 14.2. The summed E-state index contributed by atoms with van der Waals surface area (Å²) in [5.41, 5.74) is 0.941. The molecule has 0 spiro atoms. The van der Waals surface area contributed by atoms with Gasteiger partial charge in [0.05, 0.1) is 0 Å². The number of thioether (sulfide) groups is 1. The Kier molecular flexibility index (Phi) is 7.31. The summed E-state index contributed by atoms with van der Waals surface area (Å²) in [6.45, 7) is 2.73. The molecule has 1 aromatic rings. The van der Waals surface area contributed by atoms with Gasteiger partial charge in [0, 0.05) is 20.0 Å². The van der Waals surface area contributed by atoms with Crippen LogP contribution in [0.25, 0.3) is 0 Å². The van der Waals surface area contributed by atoms with Crippen LogP contribution in [0.4, 0.5) is 4.79 Å². The van der Waals surface area contributed by atoms with E-state index in [1.165, 1.54) is 6.92 Å². The van der Waals surface area contributed by atoms with Crippen LogP contribution in [-0.4, -0.2) is 45.5 Å². The summed E-state index contributed by atoms with van der Waals surface area (Å²) in [5, 5.41) is 8.32. The quantitative estimate of drug-likeness (QED) is 0.834. The Labute approximate surface area is 151 Å². The van der Waals surface area contributed by atoms with Gasteiger partial charge in [0.15, 0.2) is 5.12 Å². The summed E-state index contributed by atoms with van der Waals surface area (Å²) >= 11 is 0.870. The molecule has 2 rings (SSSR count). The molecule has 1 unspecified atom stereocenters. The van der Waals surface area contributed by atoms with Crippen molar-refractivity contribution in [2.24, 2.45) is 5.92 Å². The SMILES string of the molecule is CC(=O)SC(CC1CCN(C(=O)OCc2ccccc2)CC1)C(=O)O. The van der Waals surface area contributed by atoms with Crippen molar-refractivity contribution in [1.82, 2.24) is 4.90 Å². The van der Waals surface area contributed by atoms with Gasteiger partial charge in [-0.25, -0.2) is 4.79 Å². The van der Waals surface area contributed by atoms with E-state index in [1.54, 1.807) is 4.90 Å². The molecular weight excluding hydrogens is 342 g/mol. The lowest BCUT2D eigenvalue weighted by Gasteiger charge is -2.32. The average Bonchev–Trinajstić information content (AvgIpc) is 2.60. The summed E-state index contributed by atoms with van der Waals surface area (Å²) in [4.78, 5) is 36.2. The first-order valence-electron chi connectivity index (χ1n) is 8.31. The molecule has 136 valence electrons. The Balaban J connectivity index is 1.75. The van der Waals surface area contributed by atoms with Crippen molar-refractivity contribution < 1.29 is 24.2 Å². The van der Waals surface area contributed by atoms with Crippen LogP contribution in [0, 0.1) is 5.92 Å². The molecule has 1 atom stereocenters. The van der Waals surface area contributed by atoms with E-state index in [-0.39, 0.29) is 23.7 Å². The number of rotatable bonds is 6. The van der Waals surface area contributed by atoms with Crippen LogP contribution in [0.1, 0.15) is 31.7 Å². The number of aliphatic carboxylic acids is 1. The van der Waals surface area contributed by atoms with Gasteiger partial charge < -0.3 is 14.7 Å². The second-order valence-electron chi connectivity index (χ2n) is 6.14. The lowest BCUT2D eigenvalue weighted by molar-refractivity contribution is -0.137. The largest absolute Gasteiger partial charge is 0.480 e. The number of hydrogen-bond donors (Lipinski definition) is 1. The number of carbonyl (C=O) groups excluding carboxylic acids is 2. The average molecular weight is 365 g/mol. The third-order valence-corrected chi connectivity index (χ3v) is 5.22.